The highest BCUT2D eigenvalue weighted by atomic mass is 16.4. The summed E-state index contributed by atoms with van der Waals surface area (Å²) in [5, 5.41) is 12.0. The molecule has 0 heterocycles. The molecule has 0 saturated heterocycles. The number of nitrogens with one attached hydrogen (secondary N) is 1. The molecule has 18 heavy (non-hydrogen) atoms. The Kier molecular flexibility index (Phi) is 5.17. The van der Waals surface area contributed by atoms with Gasteiger partial charge in [0.2, 0.25) is 5.91 Å². The Morgan fingerprint density at radius 3 is 2.61 bits per heavy atom. The van der Waals surface area contributed by atoms with Crippen molar-refractivity contribution in [3.05, 3.63) is 29.3 Å². The second-order valence-corrected chi connectivity index (χ2v) is 4.19. The van der Waals surface area contributed by atoms with Crippen LogP contribution in [-0.2, 0) is 4.79 Å². The van der Waals surface area contributed by atoms with E-state index in [9.17, 15) is 9.59 Å². The van der Waals surface area contributed by atoms with E-state index in [4.69, 9.17) is 10.8 Å². The highest BCUT2D eigenvalue weighted by molar-refractivity contribution is 5.88. The Balaban J connectivity index is 2.43. The maximum Gasteiger partial charge on any atom is 0.335 e. The van der Waals surface area contributed by atoms with Gasteiger partial charge in [-0.1, -0.05) is 0 Å². The lowest BCUT2D eigenvalue weighted by atomic mass is 10.1. The first-order chi connectivity index (χ1) is 8.50. The number of carboxylic acids is 1. The Labute approximate surface area is 106 Å². The summed E-state index contributed by atoms with van der Waals surface area (Å²) < 4.78 is 0. The Bertz CT molecular complexity index is 444. The number of unbranched alkanes of at least 4 members (excludes halogenated alkanes) is 1. The molecule has 0 spiro atoms. The molecule has 0 aliphatic heterocycles. The number of amides is 1. The molecule has 5 heteroatoms. The van der Waals surface area contributed by atoms with Gasteiger partial charge < -0.3 is 16.2 Å². The van der Waals surface area contributed by atoms with Crippen LogP contribution >= 0.6 is 0 Å². The maximum atomic E-state index is 10.8. The molecule has 1 amide bonds. The van der Waals surface area contributed by atoms with Crippen molar-refractivity contribution in [2.24, 2.45) is 5.73 Å². The molecular formula is C13H18N2O3. The number of benzene rings is 1. The molecule has 0 aliphatic carbocycles. The fourth-order valence-electron chi connectivity index (χ4n) is 1.64. The Hall–Kier alpha value is -2.04. The number of rotatable bonds is 7. The van der Waals surface area contributed by atoms with Crippen molar-refractivity contribution < 1.29 is 14.7 Å². The molecule has 0 unspecified atom stereocenters. The van der Waals surface area contributed by atoms with Crippen molar-refractivity contribution in [2.75, 3.05) is 11.9 Å². The molecule has 0 saturated carbocycles. The van der Waals surface area contributed by atoms with Crippen molar-refractivity contribution >= 4 is 17.6 Å². The Morgan fingerprint density at radius 2 is 2.06 bits per heavy atom. The molecule has 0 aromatic heterocycles. The first-order valence-corrected chi connectivity index (χ1v) is 5.87. The van der Waals surface area contributed by atoms with Crippen LogP contribution in [0.4, 0.5) is 5.69 Å². The average Bonchev–Trinajstić information content (AvgIpc) is 2.29. The van der Waals surface area contributed by atoms with Crippen molar-refractivity contribution in [2.45, 2.75) is 26.2 Å². The molecule has 1 rings (SSSR count). The van der Waals surface area contributed by atoms with Gasteiger partial charge in [0, 0.05) is 18.7 Å². The summed E-state index contributed by atoms with van der Waals surface area (Å²) in [6, 6.07) is 4.96. The number of primary amides is 1. The fraction of sp³-hybridized carbons (Fsp3) is 0.385. The molecule has 1 aromatic rings. The number of carbonyl (C=O) groups is 2. The van der Waals surface area contributed by atoms with Crippen LogP contribution in [0.25, 0.3) is 0 Å². The molecule has 0 atom stereocenters. The van der Waals surface area contributed by atoms with E-state index < -0.39 is 5.97 Å². The lowest BCUT2D eigenvalue weighted by Crippen LogP contribution is -2.11. The highest BCUT2D eigenvalue weighted by Gasteiger charge is 2.05. The van der Waals surface area contributed by atoms with Crippen LogP contribution in [0.15, 0.2) is 18.2 Å². The topological polar surface area (TPSA) is 92.4 Å². The third-order valence-corrected chi connectivity index (χ3v) is 2.64. The SMILES string of the molecule is Cc1cc(C(=O)O)ccc1NCCCCC(N)=O. The predicted molar refractivity (Wildman–Crippen MR) is 69.7 cm³/mol. The van der Waals surface area contributed by atoms with Crippen LogP contribution in [0.1, 0.15) is 35.2 Å². The van der Waals surface area contributed by atoms with Gasteiger partial charge in [-0.05, 0) is 43.5 Å². The zero-order chi connectivity index (χ0) is 13.5. The normalized spacial score (nSPS) is 10.1. The van der Waals surface area contributed by atoms with Gasteiger partial charge in [-0.25, -0.2) is 4.79 Å². The number of anilines is 1. The zero-order valence-electron chi connectivity index (χ0n) is 10.4. The van der Waals surface area contributed by atoms with E-state index in [2.05, 4.69) is 5.32 Å². The summed E-state index contributed by atoms with van der Waals surface area (Å²) in [7, 11) is 0. The van der Waals surface area contributed by atoms with E-state index in [0.717, 1.165) is 30.6 Å². The number of carbonyl (C=O) groups excluding carboxylic acids is 1. The van der Waals surface area contributed by atoms with E-state index >= 15 is 0 Å². The minimum atomic E-state index is -0.925. The largest absolute Gasteiger partial charge is 0.478 e. The van der Waals surface area contributed by atoms with Crippen molar-refractivity contribution in [1.29, 1.82) is 0 Å². The maximum absolute atomic E-state index is 10.8. The smallest absolute Gasteiger partial charge is 0.335 e. The number of aryl methyl sites for hydroxylation is 1. The van der Waals surface area contributed by atoms with Crippen LogP contribution in [0.3, 0.4) is 0 Å². The second-order valence-electron chi connectivity index (χ2n) is 4.19. The van der Waals surface area contributed by atoms with Crippen molar-refractivity contribution in [3.63, 3.8) is 0 Å². The number of aromatic carboxylic acids is 1. The van der Waals surface area contributed by atoms with Gasteiger partial charge in [0.25, 0.3) is 0 Å². The molecule has 98 valence electrons. The van der Waals surface area contributed by atoms with Crippen LogP contribution in [0.2, 0.25) is 0 Å². The average molecular weight is 250 g/mol. The Morgan fingerprint density at radius 1 is 1.33 bits per heavy atom. The van der Waals surface area contributed by atoms with Gasteiger partial charge in [0.1, 0.15) is 0 Å². The van der Waals surface area contributed by atoms with Crippen LogP contribution < -0.4 is 11.1 Å². The van der Waals surface area contributed by atoms with Gasteiger partial charge in [-0.2, -0.15) is 0 Å². The lowest BCUT2D eigenvalue weighted by molar-refractivity contribution is -0.118. The van der Waals surface area contributed by atoms with Crippen molar-refractivity contribution in [3.8, 4) is 0 Å². The highest BCUT2D eigenvalue weighted by Crippen LogP contribution is 2.16. The monoisotopic (exact) mass is 250 g/mol. The minimum Gasteiger partial charge on any atom is -0.478 e. The molecular weight excluding hydrogens is 232 g/mol. The molecule has 0 radical (unpaired) electrons. The minimum absolute atomic E-state index is 0.281. The summed E-state index contributed by atoms with van der Waals surface area (Å²) in [5.41, 5.74) is 7.13. The third-order valence-electron chi connectivity index (χ3n) is 2.64. The van der Waals surface area contributed by atoms with E-state index in [-0.39, 0.29) is 11.5 Å². The molecule has 0 fully saturated rings. The van der Waals surface area contributed by atoms with Gasteiger partial charge >= 0.3 is 5.97 Å². The van der Waals surface area contributed by atoms with E-state index in [0.29, 0.717) is 6.42 Å². The number of hydrogen-bond acceptors (Lipinski definition) is 3. The quantitative estimate of drug-likeness (QED) is 0.643. The molecule has 4 N–H and O–H groups in total. The van der Waals surface area contributed by atoms with E-state index in [1.54, 1.807) is 18.2 Å². The molecule has 5 nitrogen and oxygen atoms in total. The molecule has 0 bridgehead atoms. The summed E-state index contributed by atoms with van der Waals surface area (Å²) in [6.07, 6.45) is 2.01. The number of hydrogen-bond donors (Lipinski definition) is 3. The first-order valence-electron chi connectivity index (χ1n) is 5.87. The lowest BCUT2D eigenvalue weighted by Gasteiger charge is -2.09. The zero-order valence-corrected chi connectivity index (χ0v) is 10.4. The van der Waals surface area contributed by atoms with Gasteiger partial charge in [0.05, 0.1) is 5.56 Å². The fourth-order valence-corrected chi connectivity index (χ4v) is 1.64. The predicted octanol–water partition coefficient (Wildman–Crippen LogP) is 1.76. The first kappa shape index (κ1) is 14.0. The summed E-state index contributed by atoms with van der Waals surface area (Å²) in [5.74, 6) is -1.21. The second kappa shape index (κ2) is 6.64. The van der Waals surface area contributed by atoms with Crippen LogP contribution in [-0.4, -0.2) is 23.5 Å². The number of nitrogens with two attached hydrogens (primary N) is 1. The standard InChI is InChI=1S/C13H18N2O3/c1-9-8-10(13(17)18)5-6-11(9)15-7-3-2-4-12(14)16/h5-6,8,15H,2-4,7H2,1H3,(H2,14,16)(H,17,18). The molecule has 0 aliphatic rings. The van der Waals surface area contributed by atoms with Gasteiger partial charge in [-0.3, -0.25) is 4.79 Å². The summed E-state index contributed by atoms with van der Waals surface area (Å²) in [4.78, 5) is 21.3. The molecule has 1 aromatic carbocycles. The summed E-state index contributed by atoms with van der Waals surface area (Å²) in [6.45, 7) is 2.60. The third kappa shape index (κ3) is 4.45. The number of carboxylic acid groups (broad SMARTS) is 1. The van der Waals surface area contributed by atoms with Gasteiger partial charge in [0.15, 0.2) is 0 Å². The van der Waals surface area contributed by atoms with Crippen LogP contribution in [0, 0.1) is 6.92 Å². The van der Waals surface area contributed by atoms with E-state index in [1.165, 1.54) is 0 Å². The van der Waals surface area contributed by atoms with Crippen molar-refractivity contribution in [1.82, 2.24) is 0 Å². The summed E-state index contributed by atoms with van der Waals surface area (Å²) >= 11 is 0. The van der Waals surface area contributed by atoms with Gasteiger partial charge in [-0.15, -0.1) is 0 Å². The van der Waals surface area contributed by atoms with Crippen LogP contribution in [0.5, 0.6) is 0 Å². The van der Waals surface area contributed by atoms with E-state index in [1.807, 2.05) is 6.92 Å².